The summed E-state index contributed by atoms with van der Waals surface area (Å²) in [4.78, 5) is 53.2. The second-order valence-corrected chi connectivity index (χ2v) is 6.17. The first-order chi connectivity index (χ1) is 12.5. The van der Waals surface area contributed by atoms with Crippen molar-refractivity contribution in [2.75, 3.05) is 27.4 Å². The first-order valence-electron chi connectivity index (χ1n) is 8.12. The fraction of sp³-hybridized carbons (Fsp3) is 0.222. The van der Waals surface area contributed by atoms with E-state index in [0.29, 0.717) is 33.0 Å². The van der Waals surface area contributed by atoms with Gasteiger partial charge >= 0.3 is 0 Å². The lowest BCUT2D eigenvalue weighted by molar-refractivity contribution is 0.0580. The van der Waals surface area contributed by atoms with Crippen molar-refractivity contribution >= 4 is 34.4 Å². The average molecular weight is 352 g/mol. The summed E-state index contributed by atoms with van der Waals surface area (Å²) in [7, 11) is 3.29. The molecule has 132 valence electrons. The molecule has 4 rings (SSSR count). The summed E-state index contributed by atoms with van der Waals surface area (Å²) >= 11 is 0. The summed E-state index contributed by atoms with van der Waals surface area (Å²) in [6, 6.07) is 6.20. The number of hydrogen-bond donors (Lipinski definition) is 2. The van der Waals surface area contributed by atoms with Crippen molar-refractivity contribution < 1.29 is 19.2 Å². The molecule has 2 aromatic carbocycles. The van der Waals surface area contributed by atoms with Crippen LogP contribution in [0.15, 0.2) is 24.3 Å². The van der Waals surface area contributed by atoms with Crippen LogP contribution in [0.1, 0.15) is 41.4 Å². The predicted molar refractivity (Wildman–Crippen MR) is 92.8 cm³/mol. The van der Waals surface area contributed by atoms with Gasteiger partial charge in [-0.3, -0.25) is 29.0 Å². The highest BCUT2D eigenvalue weighted by Gasteiger charge is 2.39. The fourth-order valence-corrected chi connectivity index (χ4v) is 3.58. The van der Waals surface area contributed by atoms with E-state index < -0.39 is 23.6 Å². The summed E-state index contributed by atoms with van der Waals surface area (Å²) < 4.78 is 0. The van der Waals surface area contributed by atoms with Gasteiger partial charge in [0.15, 0.2) is 0 Å². The molecule has 0 fully saturated rings. The normalized spacial score (nSPS) is 16.1. The van der Waals surface area contributed by atoms with Crippen molar-refractivity contribution in [2.24, 2.45) is 0 Å². The van der Waals surface area contributed by atoms with E-state index in [9.17, 15) is 19.2 Å². The number of nitrogens with one attached hydrogen (secondary N) is 2. The minimum atomic E-state index is -0.446. The van der Waals surface area contributed by atoms with Gasteiger partial charge in [0.2, 0.25) is 0 Å². The standard InChI is InChI=1S/C18H16N4O4/c1-19-7-21-15(23)9-3-5-11-14-12(6-4-10(13(9)14)16(21)24)18(26)22(8-20-2)17(11)25/h3-6,19-20H,7-8H2,1-2H3. The van der Waals surface area contributed by atoms with Gasteiger partial charge < -0.3 is 10.6 Å². The van der Waals surface area contributed by atoms with Gasteiger partial charge in [0.25, 0.3) is 23.6 Å². The number of carbonyl (C=O) groups excluding carboxylic acids is 4. The van der Waals surface area contributed by atoms with Crippen LogP contribution in [0.2, 0.25) is 0 Å². The zero-order chi connectivity index (χ0) is 18.6. The zero-order valence-electron chi connectivity index (χ0n) is 14.3. The highest BCUT2D eigenvalue weighted by molar-refractivity contribution is 6.33. The molecule has 0 saturated carbocycles. The Labute approximate surface area is 148 Å². The van der Waals surface area contributed by atoms with E-state index in [4.69, 9.17) is 0 Å². The van der Waals surface area contributed by atoms with Crippen LogP contribution in [-0.2, 0) is 0 Å². The smallest absolute Gasteiger partial charge is 0.262 e. The summed E-state index contributed by atoms with van der Waals surface area (Å²) in [5.41, 5.74) is 1.27. The highest BCUT2D eigenvalue weighted by Crippen LogP contribution is 2.37. The molecule has 0 aliphatic carbocycles. The van der Waals surface area contributed by atoms with Gasteiger partial charge in [-0.1, -0.05) is 0 Å². The molecule has 0 unspecified atom stereocenters. The number of benzene rings is 2. The van der Waals surface area contributed by atoms with Crippen LogP contribution in [0.25, 0.3) is 10.8 Å². The Kier molecular flexibility index (Phi) is 3.60. The Morgan fingerprint density at radius 2 is 0.885 bits per heavy atom. The minimum Gasteiger partial charge on any atom is -0.302 e. The van der Waals surface area contributed by atoms with E-state index in [1.807, 2.05) is 0 Å². The van der Waals surface area contributed by atoms with E-state index in [0.717, 1.165) is 9.80 Å². The minimum absolute atomic E-state index is 0.0793. The topological polar surface area (TPSA) is 98.8 Å². The van der Waals surface area contributed by atoms with Crippen LogP contribution in [0.3, 0.4) is 0 Å². The van der Waals surface area contributed by atoms with Crippen molar-refractivity contribution in [3.8, 4) is 0 Å². The molecule has 2 heterocycles. The molecule has 0 saturated heterocycles. The summed E-state index contributed by atoms with van der Waals surface area (Å²) in [6.45, 7) is 0.159. The van der Waals surface area contributed by atoms with Crippen LogP contribution in [0.4, 0.5) is 0 Å². The molecule has 0 bridgehead atoms. The first kappa shape index (κ1) is 16.4. The summed E-state index contributed by atoms with van der Waals surface area (Å²) in [5.74, 6) is -1.78. The third-order valence-corrected chi connectivity index (χ3v) is 4.70. The second kappa shape index (κ2) is 5.72. The van der Waals surface area contributed by atoms with Crippen LogP contribution in [-0.4, -0.2) is 60.9 Å². The third-order valence-electron chi connectivity index (χ3n) is 4.70. The molecule has 26 heavy (non-hydrogen) atoms. The van der Waals surface area contributed by atoms with Gasteiger partial charge in [-0.2, -0.15) is 0 Å². The molecule has 0 atom stereocenters. The number of imide groups is 2. The maximum absolute atomic E-state index is 12.7. The van der Waals surface area contributed by atoms with Gasteiger partial charge in [-0.25, -0.2) is 0 Å². The molecule has 0 spiro atoms. The predicted octanol–water partition coefficient (Wildman–Crippen LogP) is 0.386. The number of carbonyl (C=O) groups is 4. The SMILES string of the molecule is CNCN1C(=O)c2ccc3c4c(ccc(c24)C1=O)C(=O)N(CNC)C3=O. The number of rotatable bonds is 4. The van der Waals surface area contributed by atoms with Crippen LogP contribution in [0.5, 0.6) is 0 Å². The fourth-order valence-electron chi connectivity index (χ4n) is 3.58. The molecule has 0 aromatic heterocycles. The number of amides is 4. The van der Waals surface area contributed by atoms with Gasteiger partial charge in [0.1, 0.15) is 0 Å². The lowest BCUT2D eigenvalue weighted by atomic mass is 9.86. The van der Waals surface area contributed by atoms with Gasteiger partial charge in [0, 0.05) is 33.0 Å². The van der Waals surface area contributed by atoms with Crippen LogP contribution >= 0.6 is 0 Å². The number of hydrogen-bond acceptors (Lipinski definition) is 6. The lowest BCUT2D eigenvalue weighted by Crippen LogP contribution is -2.47. The average Bonchev–Trinajstić information content (AvgIpc) is 2.64. The third kappa shape index (κ3) is 1.97. The van der Waals surface area contributed by atoms with Crippen molar-refractivity contribution in [3.05, 3.63) is 46.5 Å². The Bertz CT molecular complexity index is 863. The molecule has 0 radical (unpaired) electrons. The summed E-state index contributed by atoms with van der Waals surface area (Å²) in [6.07, 6.45) is 0. The molecule has 4 amide bonds. The molecule has 2 aliphatic rings. The number of nitrogens with zero attached hydrogens (tertiary/aromatic N) is 2. The van der Waals surface area contributed by atoms with E-state index in [1.165, 1.54) is 0 Å². The van der Waals surface area contributed by atoms with Crippen LogP contribution < -0.4 is 10.6 Å². The summed E-state index contributed by atoms with van der Waals surface area (Å²) in [5, 5.41) is 6.37. The quantitative estimate of drug-likeness (QED) is 0.772. The Balaban J connectivity index is 2.02. The van der Waals surface area contributed by atoms with E-state index in [1.54, 1.807) is 38.4 Å². The maximum Gasteiger partial charge on any atom is 0.262 e. The molecule has 8 heteroatoms. The maximum atomic E-state index is 12.7. The van der Waals surface area contributed by atoms with Gasteiger partial charge in [-0.05, 0) is 38.4 Å². The molecule has 2 aliphatic heterocycles. The Morgan fingerprint density at radius 3 is 1.12 bits per heavy atom. The van der Waals surface area contributed by atoms with Crippen molar-refractivity contribution in [1.82, 2.24) is 20.4 Å². The van der Waals surface area contributed by atoms with Crippen molar-refractivity contribution in [1.29, 1.82) is 0 Å². The van der Waals surface area contributed by atoms with Gasteiger partial charge in [0.05, 0.1) is 13.3 Å². The Hall–Kier alpha value is -3.10. The first-order valence-corrected chi connectivity index (χ1v) is 8.12. The highest BCUT2D eigenvalue weighted by atomic mass is 16.2. The second-order valence-electron chi connectivity index (χ2n) is 6.17. The largest absolute Gasteiger partial charge is 0.302 e. The monoisotopic (exact) mass is 352 g/mol. The zero-order valence-corrected chi connectivity index (χ0v) is 14.3. The van der Waals surface area contributed by atoms with Gasteiger partial charge in [-0.15, -0.1) is 0 Å². The van der Waals surface area contributed by atoms with Crippen molar-refractivity contribution in [3.63, 3.8) is 0 Å². The molecule has 2 N–H and O–H groups in total. The van der Waals surface area contributed by atoms with Crippen molar-refractivity contribution in [2.45, 2.75) is 0 Å². The van der Waals surface area contributed by atoms with E-state index >= 15 is 0 Å². The van der Waals surface area contributed by atoms with E-state index in [-0.39, 0.29) is 13.3 Å². The lowest BCUT2D eigenvalue weighted by Gasteiger charge is -2.31. The van der Waals surface area contributed by atoms with E-state index in [2.05, 4.69) is 10.6 Å². The molecular formula is C18H16N4O4. The molecule has 8 nitrogen and oxygen atoms in total. The van der Waals surface area contributed by atoms with Crippen LogP contribution in [0, 0.1) is 0 Å². The molecule has 2 aromatic rings. The molecular weight excluding hydrogens is 336 g/mol. The Morgan fingerprint density at radius 1 is 0.615 bits per heavy atom.